The number of aromatic nitrogens is 3. The Morgan fingerprint density at radius 2 is 2.31 bits per heavy atom. The quantitative estimate of drug-likeness (QED) is 0.686. The number of methoxy groups -OCH3 is 1. The van der Waals surface area contributed by atoms with Crippen LogP contribution in [0.3, 0.4) is 0 Å². The van der Waals surface area contributed by atoms with E-state index in [4.69, 9.17) is 16.3 Å². The number of thioether (sulfide) groups is 1. The predicted octanol–water partition coefficient (Wildman–Crippen LogP) is 1.53. The monoisotopic (exact) mass is 416 g/mol. The molecule has 3 rings (SSSR count). The fourth-order valence-electron chi connectivity index (χ4n) is 2.60. The van der Waals surface area contributed by atoms with E-state index in [1.165, 1.54) is 0 Å². The number of aromatic amines is 1. The third-order valence-electron chi connectivity index (χ3n) is 3.81. The SMILES string of the molecule is COc1ccc(Cl)cc1-c1nc(SCC(=O)N[C@H]2CCS(=O)(=O)C2)n[nH]1. The van der Waals surface area contributed by atoms with E-state index >= 15 is 0 Å². The third-order valence-corrected chi connectivity index (χ3v) is 6.66. The second kappa shape index (κ2) is 7.85. The molecule has 1 amide bonds. The Hall–Kier alpha value is -1.78. The van der Waals surface area contributed by atoms with E-state index in [1.807, 2.05) is 0 Å². The molecule has 2 aromatic rings. The van der Waals surface area contributed by atoms with Crippen molar-refractivity contribution in [1.29, 1.82) is 0 Å². The number of H-pyrrole nitrogens is 1. The lowest BCUT2D eigenvalue weighted by Gasteiger charge is -2.09. The largest absolute Gasteiger partial charge is 0.496 e. The van der Waals surface area contributed by atoms with E-state index in [0.717, 1.165) is 11.8 Å². The molecule has 2 heterocycles. The Bertz CT molecular complexity index is 916. The number of nitrogens with zero attached hydrogens (tertiary/aromatic N) is 2. The van der Waals surface area contributed by atoms with Crippen molar-refractivity contribution in [2.45, 2.75) is 17.6 Å². The molecule has 0 aliphatic carbocycles. The maximum absolute atomic E-state index is 12.0. The zero-order valence-electron chi connectivity index (χ0n) is 13.9. The normalized spacial score (nSPS) is 18.6. The van der Waals surface area contributed by atoms with Crippen LogP contribution in [-0.2, 0) is 14.6 Å². The fourth-order valence-corrected chi connectivity index (χ4v) is 5.06. The first-order valence-electron chi connectivity index (χ1n) is 7.75. The van der Waals surface area contributed by atoms with E-state index in [2.05, 4.69) is 20.5 Å². The predicted molar refractivity (Wildman–Crippen MR) is 99.3 cm³/mol. The zero-order chi connectivity index (χ0) is 18.7. The Morgan fingerprint density at radius 3 is 3.00 bits per heavy atom. The standard InChI is InChI=1S/C15H17ClN4O4S2/c1-24-12-3-2-9(16)6-11(12)14-18-15(20-19-14)25-7-13(21)17-10-4-5-26(22,23)8-10/h2-3,6,10H,4-5,7-8H2,1H3,(H,17,21)(H,18,19,20)/t10-/m0/s1. The molecule has 0 radical (unpaired) electrons. The van der Waals surface area contributed by atoms with E-state index < -0.39 is 9.84 Å². The molecular formula is C15H17ClN4O4S2. The second-order valence-electron chi connectivity index (χ2n) is 5.77. The summed E-state index contributed by atoms with van der Waals surface area (Å²) in [6, 6.07) is 4.84. The Balaban J connectivity index is 1.59. The fraction of sp³-hybridized carbons (Fsp3) is 0.400. The molecule has 1 atom stereocenters. The molecule has 1 saturated heterocycles. The highest BCUT2D eigenvalue weighted by Gasteiger charge is 2.28. The minimum absolute atomic E-state index is 0.00275. The van der Waals surface area contributed by atoms with Crippen molar-refractivity contribution in [1.82, 2.24) is 20.5 Å². The number of carbonyl (C=O) groups is 1. The van der Waals surface area contributed by atoms with Gasteiger partial charge >= 0.3 is 0 Å². The van der Waals surface area contributed by atoms with Gasteiger partial charge in [-0.25, -0.2) is 13.4 Å². The first-order chi connectivity index (χ1) is 12.4. The van der Waals surface area contributed by atoms with Crippen LogP contribution in [0.1, 0.15) is 6.42 Å². The summed E-state index contributed by atoms with van der Waals surface area (Å²) < 4.78 is 28.1. The lowest BCUT2D eigenvalue weighted by molar-refractivity contribution is -0.119. The molecule has 0 spiro atoms. The summed E-state index contributed by atoms with van der Waals surface area (Å²) in [5, 5.41) is 10.5. The summed E-state index contributed by atoms with van der Waals surface area (Å²) >= 11 is 7.17. The van der Waals surface area contributed by atoms with Gasteiger partial charge in [-0.05, 0) is 24.6 Å². The molecule has 2 N–H and O–H groups in total. The Kier molecular flexibility index (Phi) is 5.73. The molecule has 1 aliphatic heterocycles. The number of rotatable bonds is 6. The Labute approximate surface area is 160 Å². The van der Waals surface area contributed by atoms with Gasteiger partial charge in [0.05, 0.1) is 29.9 Å². The lowest BCUT2D eigenvalue weighted by Crippen LogP contribution is -2.36. The van der Waals surface area contributed by atoms with E-state index in [0.29, 0.717) is 33.7 Å². The van der Waals surface area contributed by atoms with Gasteiger partial charge in [-0.3, -0.25) is 9.89 Å². The minimum Gasteiger partial charge on any atom is -0.496 e. The number of hydrogen-bond donors (Lipinski definition) is 2. The van der Waals surface area contributed by atoms with Crippen molar-refractivity contribution in [2.24, 2.45) is 0 Å². The van der Waals surface area contributed by atoms with Gasteiger partial charge in [0.2, 0.25) is 11.1 Å². The summed E-state index contributed by atoms with van der Waals surface area (Å²) in [5.74, 6) is 1.06. The van der Waals surface area contributed by atoms with Crippen LogP contribution < -0.4 is 10.1 Å². The number of carbonyl (C=O) groups excluding carboxylic acids is 1. The first-order valence-corrected chi connectivity index (χ1v) is 10.9. The van der Waals surface area contributed by atoms with Crippen molar-refractivity contribution >= 4 is 39.1 Å². The van der Waals surface area contributed by atoms with Crippen LogP contribution in [0.25, 0.3) is 11.4 Å². The maximum Gasteiger partial charge on any atom is 0.230 e. The van der Waals surface area contributed by atoms with E-state index in [1.54, 1.807) is 25.3 Å². The minimum atomic E-state index is -3.02. The molecule has 1 aromatic carbocycles. The molecule has 0 saturated carbocycles. The summed E-state index contributed by atoms with van der Waals surface area (Å²) in [4.78, 5) is 16.3. The van der Waals surface area contributed by atoms with E-state index in [-0.39, 0.29) is 29.2 Å². The highest BCUT2D eigenvalue weighted by molar-refractivity contribution is 7.99. The summed E-state index contributed by atoms with van der Waals surface area (Å²) in [7, 11) is -1.47. The number of sulfone groups is 1. The molecule has 0 bridgehead atoms. The van der Waals surface area contributed by atoms with Gasteiger partial charge in [-0.15, -0.1) is 5.10 Å². The number of halogens is 1. The van der Waals surface area contributed by atoms with Gasteiger partial charge < -0.3 is 10.1 Å². The molecule has 11 heteroatoms. The topological polar surface area (TPSA) is 114 Å². The number of ether oxygens (including phenoxy) is 1. The number of benzene rings is 1. The molecule has 1 fully saturated rings. The average molecular weight is 417 g/mol. The highest BCUT2D eigenvalue weighted by Crippen LogP contribution is 2.31. The van der Waals surface area contributed by atoms with Gasteiger partial charge in [-0.2, -0.15) is 0 Å². The van der Waals surface area contributed by atoms with Gasteiger partial charge in [0, 0.05) is 11.1 Å². The van der Waals surface area contributed by atoms with Crippen LogP contribution in [0.4, 0.5) is 0 Å². The van der Waals surface area contributed by atoms with Crippen molar-refractivity contribution in [3.05, 3.63) is 23.2 Å². The molecule has 140 valence electrons. The van der Waals surface area contributed by atoms with Gasteiger partial charge in [0.1, 0.15) is 5.75 Å². The van der Waals surface area contributed by atoms with Crippen LogP contribution in [0.5, 0.6) is 5.75 Å². The average Bonchev–Trinajstić information content (AvgIpc) is 3.19. The zero-order valence-corrected chi connectivity index (χ0v) is 16.2. The lowest BCUT2D eigenvalue weighted by atomic mass is 10.2. The molecule has 8 nitrogen and oxygen atoms in total. The molecule has 0 unspecified atom stereocenters. The molecular weight excluding hydrogens is 400 g/mol. The third kappa shape index (κ3) is 4.68. The van der Waals surface area contributed by atoms with Gasteiger partial charge in [0.15, 0.2) is 15.7 Å². The van der Waals surface area contributed by atoms with Gasteiger partial charge in [0.25, 0.3) is 0 Å². The summed E-state index contributed by atoms with van der Waals surface area (Å²) in [6.07, 6.45) is 0.456. The van der Waals surface area contributed by atoms with Crippen molar-refractivity contribution < 1.29 is 17.9 Å². The van der Waals surface area contributed by atoms with Crippen molar-refractivity contribution in [2.75, 3.05) is 24.4 Å². The number of nitrogens with one attached hydrogen (secondary N) is 2. The summed E-state index contributed by atoms with van der Waals surface area (Å²) in [6.45, 7) is 0. The maximum atomic E-state index is 12.0. The van der Waals surface area contributed by atoms with Crippen LogP contribution in [0, 0.1) is 0 Å². The number of hydrogen-bond acceptors (Lipinski definition) is 7. The van der Waals surface area contributed by atoms with Gasteiger partial charge in [-0.1, -0.05) is 23.4 Å². The van der Waals surface area contributed by atoms with Crippen molar-refractivity contribution in [3.8, 4) is 17.1 Å². The second-order valence-corrected chi connectivity index (χ2v) is 9.38. The smallest absolute Gasteiger partial charge is 0.230 e. The molecule has 1 aromatic heterocycles. The molecule has 1 aliphatic rings. The number of amides is 1. The summed E-state index contributed by atoms with van der Waals surface area (Å²) in [5.41, 5.74) is 0.667. The van der Waals surface area contributed by atoms with Crippen LogP contribution in [0.15, 0.2) is 23.4 Å². The highest BCUT2D eigenvalue weighted by atomic mass is 35.5. The van der Waals surface area contributed by atoms with Crippen LogP contribution in [0.2, 0.25) is 5.02 Å². The van der Waals surface area contributed by atoms with Crippen LogP contribution >= 0.6 is 23.4 Å². The van der Waals surface area contributed by atoms with E-state index in [9.17, 15) is 13.2 Å². The first kappa shape index (κ1) is 19.0. The van der Waals surface area contributed by atoms with Crippen molar-refractivity contribution in [3.63, 3.8) is 0 Å². The van der Waals surface area contributed by atoms with Crippen LogP contribution in [-0.4, -0.2) is 59.9 Å². The molecule has 26 heavy (non-hydrogen) atoms. The Morgan fingerprint density at radius 1 is 1.50 bits per heavy atom.